The molecule has 0 aromatic carbocycles. The zero-order chi connectivity index (χ0) is 12.0. The first kappa shape index (κ1) is 13.9. The van der Waals surface area contributed by atoms with Crippen LogP contribution < -0.4 is 0 Å². The first-order valence-corrected chi connectivity index (χ1v) is 6.77. The van der Waals surface area contributed by atoms with Crippen molar-refractivity contribution in [2.45, 2.75) is 6.42 Å². The Kier molecular flexibility index (Phi) is 5.63. The summed E-state index contributed by atoms with van der Waals surface area (Å²) in [5, 5.41) is 0. The van der Waals surface area contributed by atoms with Crippen LogP contribution >= 0.6 is 0 Å². The fourth-order valence-corrected chi connectivity index (χ4v) is 2.89. The second-order valence-corrected chi connectivity index (χ2v) is 5.72. The molecule has 6 nitrogen and oxygen atoms in total. The molecule has 0 bridgehead atoms. The number of hydrogen-bond donors (Lipinski definition) is 0. The van der Waals surface area contributed by atoms with E-state index >= 15 is 0 Å². The third-order valence-corrected chi connectivity index (χ3v) is 4.50. The molecule has 0 radical (unpaired) electrons. The summed E-state index contributed by atoms with van der Waals surface area (Å²) in [4.78, 5) is 0. The van der Waals surface area contributed by atoms with Crippen molar-refractivity contribution < 1.29 is 17.9 Å². The lowest BCUT2D eigenvalue weighted by atomic mass is 10.5. The topological polar surface area (TPSA) is 59.1 Å². The van der Waals surface area contributed by atoms with Crippen LogP contribution in [0.3, 0.4) is 0 Å². The van der Waals surface area contributed by atoms with Crippen LogP contribution in [-0.2, 0) is 19.7 Å². The van der Waals surface area contributed by atoms with E-state index in [0.717, 1.165) is 0 Å². The molecule has 1 aliphatic heterocycles. The van der Waals surface area contributed by atoms with Crippen LogP contribution in [0.25, 0.3) is 0 Å². The van der Waals surface area contributed by atoms with Gasteiger partial charge in [0.15, 0.2) is 0 Å². The minimum absolute atomic E-state index is 0.441. The van der Waals surface area contributed by atoms with E-state index in [9.17, 15) is 8.42 Å². The Balaban J connectivity index is 2.47. The van der Waals surface area contributed by atoms with Crippen LogP contribution in [0.2, 0.25) is 0 Å². The van der Waals surface area contributed by atoms with Gasteiger partial charge in [-0.15, -0.1) is 0 Å². The molecule has 0 spiro atoms. The van der Waals surface area contributed by atoms with Gasteiger partial charge >= 0.3 is 0 Å². The monoisotopic (exact) mass is 252 g/mol. The predicted octanol–water partition coefficient (Wildman–Crippen LogP) is -0.468. The Hall–Kier alpha value is -0.210. The maximum atomic E-state index is 12.0. The molecule has 0 N–H and O–H groups in total. The second-order valence-electron chi connectivity index (χ2n) is 3.69. The molecule has 0 aliphatic carbocycles. The number of ether oxygens (including phenoxy) is 2. The number of methoxy groups -OCH3 is 1. The minimum atomic E-state index is -3.31. The molecule has 0 aromatic heterocycles. The fourth-order valence-electron chi connectivity index (χ4n) is 1.52. The van der Waals surface area contributed by atoms with Gasteiger partial charge in [-0.25, -0.2) is 0 Å². The SMILES string of the molecule is COCCCN(C)S(=O)(=O)N1CCOCC1. The molecule has 16 heavy (non-hydrogen) atoms. The fraction of sp³-hybridized carbons (Fsp3) is 1.00. The van der Waals surface area contributed by atoms with Crippen molar-refractivity contribution in [1.82, 2.24) is 8.61 Å². The van der Waals surface area contributed by atoms with Crippen LogP contribution in [-0.4, -0.2) is 70.6 Å². The lowest BCUT2D eigenvalue weighted by Gasteiger charge is -2.30. The largest absolute Gasteiger partial charge is 0.385 e. The van der Waals surface area contributed by atoms with Gasteiger partial charge in [-0.1, -0.05) is 0 Å². The van der Waals surface area contributed by atoms with Crippen molar-refractivity contribution in [3.63, 3.8) is 0 Å². The molecule has 1 heterocycles. The second kappa shape index (κ2) is 6.51. The summed E-state index contributed by atoms with van der Waals surface area (Å²) < 4.78 is 36.9. The molecule has 0 unspecified atom stereocenters. The van der Waals surface area contributed by atoms with Gasteiger partial charge in [0.05, 0.1) is 13.2 Å². The molecule has 1 aliphatic rings. The van der Waals surface area contributed by atoms with Gasteiger partial charge in [-0.05, 0) is 6.42 Å². The maximum absolute atomic E-state index is 12.0. The molecular formula is C9H20N2O4S. The van der Waals surface area contributed by atoms with Crippen LogP contribution in [0.15, 0.2) is 0 Å². The van der Waals surface area contributed by atoms with Crippen LogP contribution in [0, 0.1) is 0 Å². The average Bonchev–Trinajstić information content (AvgIpc) is 2.30. The van der Waals surface area contributed by atoms with Gasteiger partial charge in [0.25, 0.3) is 10.2 Å². The summed E-state index contributed by atoms with van der Waals surface area (Å²) in [5.74, 6) is 0. The molecule has 96 valence electrons. The predicted molar refractivity (Wildman–Crippen MR) is 60.4 cm³/mol. The lowest BCUT2D eigenvalue weighted by molar-refractivity contribution is 0.0704. The molecule has 7 heteroatoms. The molecule has 1 saturated heterocycles. The van der Waals surface area contributed by atoms with Crippen molar-refractivity contribution in [3.8, 4) is 0 Å². The normalized spacial score (nSPS) is 19.2. The van der Waals surface area contributed by atoms with E-state index in [2.05, 4.69) is 0 Å². The number of rotatable bonds is 6. The van der Waals surface area contributed by atoms with E-state index < -0.39 is 10.2 Å². The van der Waals surface area contributed by atoms with Crippen molar-refractivity contribution in [3.05, 3.63) is 0 Å². The Bertz CT molecular complexity index is 288. The number of morpholine rings is 1. The Morgan fingerprint density at radius 2 is 2.00 bits per heavy atom. The number of hydrogen-bond acceptors (Lipinski definition) is 4. The molecule has 0 saturated carbocycles. The highest BCUT2D eigenvalue weighted by Crippen LogP contribution is 2.09. The Morgan fingerprint density at radius 1 is 1.38 bits per heavy atom. The van der Waals surface area contributed by atoms with Crippen molar-refractivity contribution in [1.29, 1.82) is 0 Å². The van der Waals surface area contributed by atoms with E-state index in [1.165, 1.54) is 8.61 Å². The molecule has 1 rings (SSSR count). The van der Waals surface area contributed by atoms with E-state index in [4.69, 9.17) is 9.47 Å². The molecule has 0 aromatic rings. The quantitative estimate of drug-likeness (QED) is 0.600. The highest BCUT2D eigenvalue weighted by molar-refractivity contribution is 7.86. The highest BCUT2D eigenvalue weighted by Gasteiger charge is 2.27. The van der Waals surface area contributed by atoms with Crippen LogP contribution in [0.5, 0.6) is 0 Å². The molecule has 0 atom stereocenters. The summed E-state index contributed by atoms with van der Waals surface area (Å²) in [6.45, 7) is 2.89. The summed E-state index contributed by atoms with van der Waals surface area (Å²) >= 11 is 0. The third kappa shape index (κ3) is 3.67. The van der Waals surface area contributed by atoms with E-state index in [-0.39, 0.29) is 0 Å². The summed E-state index contributed by atoms with van der Waals surface area (Å²) in [6, 6.07) is 0. The Morgan fingerprint density at radius 3 is 2.56 bits per heavy atom. The average molecular weight is 252 g/mol. The minimum Gasteiger partial charge on any atom is -0.385 e. The van der Waals surface area contributed by atoms with Crippen LogP contribution in [0.4, 0.5) is 0 Å². The van der Waals surface area contributed by atoms with E-state index in [0.29, 0.717) is 45.9 Å². The van der Waals surface area contributed by atoms with Crippen molar-refractivity contribution >= 4 is 10.2 Å². The first-order valence-electron chi connectivity index (χ1n) is 5.37. The van der Waals surface area contributed by atoms with E-state index in [1.807, 2.05) is 0 Å². The van der Waals surface area contributed by atoms with Crippen LogP contribution in [0.1, 0.15) is 6.42 Å². The number of nitrogens with zero attached hydrogens (tertiary/aromatic N) is 2. The summed E-state index contributed by atoms with van der Waals surface area (Å²) in [6.07, 6.45) is 0.705. The standard InChI is InChI=1S/C9H20N2O4S/c1-10(4-3-7-14-2)16(12,13)11-5-8-15-9-6-11/h3-9H2,1-2H3. The van der Waals surface area contributed by atoms with Gasteiger partial charge in [0, 0.05) is 40.4 Å². The summed E-state index contributed by atoms with van der Waals surface area (Å²) in [5.41, 5.74) is 0. The molecular weight excluding hydrogens is 232 g/mol. The van der Waals surface area contributed by atoms with E-state index in [1.54, 1.807) is 14.2 Å². The van der Waals surface area contributed by atoms with Crippen molar-refractivity contribution in [2.24, 2.45) is 0 Å². The Labute approximate surface area is 97.3 Å². The zero-order valence-electron chi connectivity index (χ0n) is 9.89. The van der Waals surface area contributed by atoms with Gasteiger partial charge in [-0.2, -0.15) is 17.0 Å². The molecule has 0 amide bonds. The molecule has 1 fully saturated rings. The zero-order valence-corrected chi connectivity index (χ0v) is 10.7. The summed E-state index contributed by atoms with van der Waals surface area (Å²) in [7, 11) is -0.106. The van der Waals surface area contributed by atoms with Crippen molar-refractivity contribution in [2.75, 3.05) is 53.6 Å². The first-order chi connectivity index (χ1) is 7.59. The van der Waals surface area contributed by atoms with Gasteiger partial charge in [0.1, 0.15) is 0 Å². The van der Waals surface area contributed by atoms with Gasteiger partial charge < -0.3 is 9.47 Å². The maximum Gasteiger partial charge on any atom is 0.281 e. The van der Waals surface area contributed by atoms with Gasteiger partial charge in [0.2, 0.25) is 0 Å². The van der Waals surface area contributed by atoms with Gasteiger partial charge in [-0.3, -0.25) is 0 Å². The third-order valence-electron chi connectivity index (χ3n) is 2.51. The lowest BCUT2D eigenvalue weighted by Crippen LogP contribution is -2.47. The highest BCUT2D eigenvalue weighted by atomic mass is 32.2. The smallest absolute Gasteiger partial charge is 0.281 e.